The highest BCUT2D eigenvalue weighted by atomic mass is 16.5. The molecule has 2 aromatic heterocycles. The average Bonchev–Trinajstić information content (AvgIpc) is 3.06. The van der Waals surface area contributed by atoms with Gasteiger partial charge in [0, 0.05) is 17.0 Å². The van der Waals surface area contributed by atoms with E-state index < -0.39 is 5.54 Å². The minimum atomic E-state index is -0.512. The first-order valence-corrected chi connectivity index (χ1v) is 6.55. The van der Waals surface area contributed by atoms with Crippen molar-refractivity contribution in [2.75, 3.05) is 0 Å². The van der Waals surface area contributed by atoms with Gasteiger partial charge in [0.05, 0.1) is 5.54 Å². The number of rotatable bonds is 3. The number of nitrogens with two attached hydrogens (primary N) is 1. The van der Waals surface area contributed by atoms with Crippen LogP contribution in [0.15, 0.2) is 16.7 Å². The van der Waals surface area contributed by atoms with E-state index in [9.17, 15) is 0 Å². The van der Waals surface area contributed by atoms with Gasteiger partial charge >= 0.3 is 0 Å². The van der Waals surface area contributed by atoms with E-state index in [4.69, 9.17) is 10.3 Å². The van der Waals surface area contributed by atoms with Crippen LogP contribution in [0.1, 0.15) is 37.0 Å². The van der Waals surface area contributed by atoms with Crippen molar-refractivity contribution in [3.63, 3.8) is 0 Å². The molecule has 1 unspecified atom stereocenters. The number of nitrogens with zero attached hydrogens (tertiary/aromatic N) is 3. The molecule has 5 heteroatoms. The summed E-state index contributed by atoms with van der Waals surface area (Å²) in [5.74, 6) is 1.57. The van der Waals surface area contributed by atoms with Gasteiger partial charge in [-0.25, -0.2) is 0 Å². The Hall–Kier alpha value is -1.75. The zero-order chi connectivity index (χ0) is 13.6. The summed E-state index contributed by atoms with van der Waals surface area (Å²) in [6, 6.07) is 3.90. The molecular weight excluding hydrogens is 240 g/mol. The molecule has 0 radical (unpaired) electrons. The number of hydrogen-bond acceptors (Lipinski definition) is 5. The van der Waals surface area contributed by atoms with Crippen molar-refractivity contribution in [2.45, 2.75) is 39.2 Å². The average molecular weight is 258 g/mol. The first kappa shape index (κ1) is 12.3. The van der Waals surface area contributed by atoms with Crippen LogP contribution in [-0.2, 0) is 5.54 Å². The fraction of sp³-hybridized carbons (Fsp3) is 0.500. The van der Waals surface area contributed by atoms with E-state index in [1.807, 2.05) is 32.9 Å². The van der Waals surface area contributed by atoms with Crippen molar-refractivity contribution in [2.24, 2.45) is 11.7 Å². The third kappa shape index (κ3) is 2.26. The number of aromatic nitrogens is 3. The third-order valence-electron chi connectivity index (χ3n) is 3.65. The number of aryl methyl sites for hydroxylation is 2. The molecule has 2 aromatic rings. The van der Waals surface area contributed by atoms with Gasteiger partial charge in [0.25, 0.3) is 0 Å². The lowest BCUT2D eigenvalue weighted by Gasteiger charge is -2.18. The molecule has 3 rings (SSSR count). The smallest absolute Gasteiger partial charge is 0.247 e. The molecule has 0 bridgehead atoms. The molecule has 0 aromatic carbocycles. The molecule has 5 nitrogen and oxygen atoms in total. The first-order chi connectivity index (χ1) is 8.96. The van der Waals surface area contributed by atoms with Crippen LogP contribution in [0.3, 0.4) is 0 Å². The summed E-state index contributed by atoms with van der Waals surface area (Å²) in [7, 11) is 0. The summed E-state index contributed by atoms with van der Waals surface area (Å²) in [4.78, 5) is 8.81. The second-order valence-corrected chi connectivity index (χ2v) is 5.62. The molecule has 19 heavy (non-hydrogen) atoms. The van der Waals surface area contributed by atoms with Gasteiger partial charge in [0.15, 0.2) is 0 Å². The Morgan fingerprint density at radius 3 is 2.42 bits per heavy atom. The van der Waals surface area contributed by atoms with E-state index in [2.05, 4.69) is 15.1 Å². The molecule has 1 aliphatic carbocycles. The van der Waals surface area contributed by atoms with Crippen molar-refractivity contribution in [1.29, 1.82) is 0 Å². The predicted octanol–water partition coefficient (Wildman–Crippen LogP) is 2.33. The normalized spacial score (nSPS) is 18.3. The zero-order valence-corrected chi connectivity index (χ0v) is 11.5. The third-order valence-corrected chi connectivity index (χ3v) is 3.65. The van der Waals surface area contributed by atoms with Crippen molar-refractivity contribution in [3.8, 4) is 11.4 Å². The summed E-state index contributed by atoms with van der Waals surface area (Å²) >= 11 is 0. The highest BCUT2D eigenvalue weighted by Crippen LogP contribution is 2.43. The molecule has 0 aliphatic heterocycles. The Morgan fingerprint density at radius 1 is 1.21 bits per heavy atom. The predicted molar refractivity (Wildman–Crippen MR) is 71.3 cm³/mol. The van der Waals surface area contributed by atoms with Crippen LogP contribution in [0, 0.1) is 19.8 Å². The Bertz CT molecular complexity index is 593. The summed E-state index contributed by atoms with van der Waals surface area (Å²) in [6.45, 7) is 5.87. The maximum Gasteiger partial charge on any atom is 0.247 e. The quantitative estimate of drug-likeness (QED) is 0.914. The molecule has 1 saturated carbocycles. The monoisotopic (exact) mass is 258 g/mol. The van der Waals surface area contributed by atoms with Gasteiger partial charge in [-0.3, -0.25) is 4.98 Å². The molecule has 1 atom stereocenters. The van der Waals surface area contributed by atoms with Crippen LogP contribution < -0.4 is 5.73 Å². The van der Waals surface area contributed by atoms with E-state index in [0.717, 1.165) is 29.8 Å². The Morgan fingerprint density at radius 2 is 1.84 bits per heavy atom. The van der Waals surface area contributed by atoms with E-state index in [1.165, 1.54) is 0 Å². The van der Waals surface area contributed by atoms with Gasteiger partial charge in [-0.05, 0) is 51.7 Å². The van der Waals surface area contributed by atoms with E-state index in [-0.39, 0.29) is 0 Å². The standard InChI is InChI=1S/C14H18N4O/c1-8-6-10(7-9(2)16-8)12-17-13(19-18-12)14(3,15)11-4-5-11/h6-7,11H,4-5,15H2,1-3H3. The van der Waals surface area contributed by atoms with Crippen molar-refractivity contribution >= 4 is 0 Å². The number of hydrogen-bond donors (Lipinski definition) is 1. The van der Waals surface area contributed by atoms with Crippen LogP contribution in [0.2, 0.25) is 0 Å². The maximum atomic E-state index is 6.29. The lowest BCUT2D eigenvalue weighted by Crippen LogP contribution is -2.35. The lowest BCUT2D eigenvalue weighted by atomic mass is 9.97. The summed E-state index contributed by atoms with van der Waals surface area (Å²) in [5, 5.41) is 4.05. The van der Waals surface area contributed by atoms with Gasteiger partial charge < -0.3 is 10.3 Å². The van der Waals surface area contributed by atoms with Crippen LogP contribution in [0.25, 0.3) is 11.4 Å². The molecule has 0 amide bonds. The van der Waals surface area contributed by atoms with Crippen molar-refractivity contribution in [1.82, 2.24) is 15.1 Å². The topological polar surface area (TPSA) is 77.8 Å². The van der Waals surface area contributed by atoms with Crippen LogP contribution >= 0.6 is 0 Å². The minimum absolute atomic E-state index is 0.460. The molecule has 100 valence electrons. The maximum absolute atomic E-state index is 6.29. The molecule has 2 N–H and O–H groups in total. The zero-order valence-electron chi connectivity index (χ0n) is 11.5. The largest absolute Gasteiger partial charge is 0.337 e. The second-order valence-electron chi connectivity index (χ2n) is 5.62. The van der Waals surface area contributed by atoms with Crippen molar-refractivity contribution in [3.05, 3.63) is 29.4 Å². The van der Waals surface area contributed by atoms with E-state index in [1.54, 1.807) is 0 Å². The Kier molecular flexibility index (Phi) is 2.67. The second kappa shape index (κ2) is 4.13. The first-order valence-electron chi connectivity index (χ1n) is 6.55. The molecule has 1 aliphatic rings. The number of pyridine rings is 1. The van der Waals surface area contributed by atoms with E-state index >= 15 is 0 Å². The summed E-state index contributed by atoms with van der Waals surface area (Å²) < 4.78 is 5.36. The highest BCUT2D eigenvalue weighted by Gasteiger charge is 2.43. The molecule has 0 saturated heterocycles. The Balaban J connectivity index is 1.96. The van der Waals surface area contributed by atoms with Gasteiger partial charge in [-0.2, -0.15) is 4.98 Å². The van der Waals surface area contributed by atoms with Gasteiger partial charge in [-0.1, -0.05) is 5.16 Å². The van der Waals surface area contributed by atoms with Crippen LogP contribution in [-0.4, -0.2) is 15.1 Å². The lowest BCUT2D eigenvalue weighted by molar-refractivity contribution is 0.273. The van der Waals surface area contributed by atoms with Crippen molar-refractivity contribution < 1.29 is 4.52 Å². The fourth-order valence-electron chi connectivity index (χ4n) is 2.38. The minimum Gasteiger partial charge on any atom is -0.337 e. The van der Waals surface area contributed by atoms with Crippen LogP contribution in [0.5, 0.6) is 0 Å². The summed E-state index contributed by atoms with van der Waals surface area (Å²) in [6.07, 6.45) is 2.27. The van der Waals surface area contributed by atoms with Gasteiger partial charge in [-0.15, -0.1) is 0 Å². The van der Waals surface area contributed by atoms with Gasteiger partial charge in [0.2, 0.25) is 11.7 Å². The summed E-state index contributed by atoms with van der Waals surface area (Å²) in [5.41, 5.74) is 8.58. The van der Waals surface area contributed by atoms with E-state index in [0.29, 0.717) is 17.6 Å². The molecular formula is C14H18N4O. The van der Waals surface area contributed by atoms with Gasteiger partial charge in [0.1, 0.15) is 0 Å². The SMILES string of the molecule is Cc1cc(-c2noc(C(C)(N)C3CC3)n2)cc(C)n1. The Labute approximate surface area is 112 Å². The molecule has 1 fully saturated rings. The highest BCUT2D eigenvalue weighted by molar-refractivity contribution is 5.55. The molecule has 2 heterocycles. The molecule has 0 spiro atoms. The fourth-order valence-corrected chi connectivity index (χ4v) is 2.38. The van der Waals surface area contributed by atoms with Crippen LogP contribution in [0.4, 0.5) is 0 Å².